The lowest BCUT2D eigenvalue weighted by Gasteiger charge is -2.31. The summed E-state index contributed by atoms with van der Waals surface area (Å²) >= 11 is 0. The number of likely N-dealkylation sites (tertiary alicyclic amines) is 1. The maximum absolute atomic E-state index is 12.9. The summed E-state index contributed by atoms with van der Waals surface area (Å²) in [4.78, 5) is 27.4. The van der Waals surface area contributed by atoms with Crippen molar-refractivity contribution in [2.75, 3.05) is 32.6 Å². The average Bonchev–Trinajstić information content (AvgIpc) is 2.75. The minimum absolute atomic E-state index is 0.0255. The van der Waals surface area contributed by atoms with Crippen LogP contribution < -0.4 is 14.8 Å². The molecule has 2 aromatic carbocycles. The molecule has 1 fully saturated rings. The highest BCUT2D eigenvalue weighted by atomic mass is 16.5. The number of anilines is 1. The normalized spacial score (nSPS) is 14.4. The van der Waals surface area contributed by atoms with Gasteiger partial charge < -0.3 is 19.7 Å². The molecule has 1 heterocycles. The second-order valence-corrected chi connectivity index (χ2v) is 7.42. The third-order valence-electron chi connectivity index (χ3n) is 5.48. The molecule has 1 saturated heterocycles. The van der Waals surface area contributed by atoms with E-state index in [9.17, 15) is 9.59 Å². The zero-order valence-electron chi connectivity index (χ0n) is 17.5. The number of piperidine rings is 1. The maximum Gasteiger partial charge on any atom is 0.254 e. The van der Waals surface area contributed by atoms with E-state index < -0.39 is 0 Å². The minimum atomic E-state index is -0.0992. The molecule has 154 valence electrons. The largest absolute Gasteiger partial charge is 0.497 e. The van der Waals surface area contributed by atoms with Crippen molar-refractivity contribution in [3.63, 3.8) is 0 Å². The zero-order valence-corrected chi connectivity index (χ0v) is 17.5. The molecule has 2 amide bonds. The van der Waals surface area contributed by atoms with E-state index in [1.165, 1.54) is 0 Å². The van der Waals surface area contributed by atoms with E-state index in [1.807, 2.05) is 32.0 Å². The predicted octanol–water partition coefficient (Wildman–Crippen LogP) is 3.81. The van der Waals surface area contributed by atoms with E-state index in [1.54, 1.807) is 37.3 Å². The Hall–Kier alpha value is -3.02. The maximum atomic E-state index is 12.9. The molecular weight excluding hydrogens is 368 g/mol. The van der Waals surface area contributed by atoms with Gasteiger partial charge in [-0.05, 0) is 49.9 Å². The molecule has 29 heavy (non-hydrogen) atoms. The van der Waals surface area contributed by atoms with Gasteiger partial charge in [0, 0.05) is 36.3 Å². The third-order valence-corrected chi connectivity index (χ3v) is 5.48. The van der Waals surface area contributed by atoms with Crippen LogP contribution in [0.4, 0.5) is 5.69 Å². The number of ether oxygens (including phenoxy) is 2. The fourth-order valence-electron chi connectivity index (χ4n) is 3.70. The highest BCUT2D eigenvalue weighted by Gasteiger charge is 2.28. The van der Waals surface area contributed by atoms with E-state index in [2.05, 4.69) is 5.32 Å². The number of carbonyl (C=O) groups excluding carboxylic acids is 2. The molecule has 3 rings (SSSR count). The summed E-state index contributed by atoms with van der Waals surface area (Å²) in [7, 11) is 3.12. The van der Waals surface area contributed by atoms with Gasteiger partial charge in [0.1, 0.15) is 11.5 Å². The molecular formula is C23H28N2O4. The number of hydrogen-bond donors (Lipinski definition) is 1. The lowest BCUT2D eigenvalue weighted by atomic mass is 9.95. The van der Waals surface area contributed by atoms with Crippen molar-refractivity contribution < 1.29 is 19.1 Å². The first-order valence-corrected chi connectivity index (χ1v) is 9.82. The molecule has 6 heteroatoms. The van der Waals surface area contributed by atoms with E-state index in [0.29, 0.717) is 43.0 Å². The number of carbonyl (C=O) groups is 2. The molecule has 0 aliphatic carbocycles. The van der Waals surface area contributed by atoms with Crippen molar-refractivity contribution in [3.05, 3.63) is 53.1 Å². The van der Waals surface area contributed by atoms with Gasteiger partial charge in [0.25, 0.3) is 5.91 Å². The molecule has 0 bridgehead atoms. The number of aryl methyl sites for hydroxylation is 2. The Morgan fingerprint density at radius 2 is 1.52 bits per heavy atom. The number of methoxy groups -OCH3 is 2. The van der Waals surface area contributed by atoms with Gasteiger partial charge in [0.05, 0.1) is 14.2 Å². The average molecular weight is 396 g/mol. The summed E-state index contributed by atoms with van der Waals surface area (Å²) in [5.74, 6) is 1.01. The van der Waals surface area contributed by atoms with Crippen molar-refractivity contribution in [3.8, 4) is 11.5 Å². The van der Waals surface area contributed by atoms with Gasteiger partial charge >= 0.3 is 0 Å². The fraction of sp³-hybridized carbons (Fsp3) is 0.391. The van der Waals surface area contributed by atoms with Gasteiger partial charge in [0.15, 0.2) is 0 Å². The lowest BCUT2D eigenvalue weighted by molar-refractivity contribution is -0.121. The summed E-state index contributed by atoms with van der Waals surface area (Å²) in [6.45, 7) is 5.07. The topological polar surface area (TPSA) is 67.9 Å². The van der Waals surface area contributed by atoms with Crippen LogP contribution in [0.1, 0.15) is 34.3 Å². The number of amides is 2. The Balaban J connectivity index is 1.63. The van der Waals surface area contributed by atoms with Crippen LogP contribution in [0.5, 0.6) is 11.5 Å². The van der Waals surface area contributed by atoms with E-state index in [4.69, 9.17) is 9.47 Å². The van der Waals surface area contributed by atoms with Crippen LogP contribution >= 0.6 is 0 Å². The Morgan fingerprint density at radius 1 is 0.966 bits per heavy atom. The molecule has 1 N–H and O–H groups in total. The molecule has 6 nitrogen and oxygen atoms in total. The number of nitrogens with one attached hydrogen (secondary N) is 1. The number of nitrogens with zero attached hydrogens (tertiary/aromatic N) is 1. The van der Waals surface area contributed by atoms with Gasteiger partial charge in [-0.2, -0.15) is 0 Å². The summed E-state index contributed by atoms with van der Waals surface area (Å²) in [6.07, 6.45) is 1.28. The highest BCUT2D eigenvalue weighted by molar-refractivity contribution is 5.96. The molecule has 0 unspecified atom stereocenters. The zero-order chi connectivity index (χ0) is 21.0. The predicted molar refractivity (Wildman–Crippen MR) is 113 cm³/mol. The summed E-state index contributed by atoms with van der Waals surface area (Å²) in [6, 6.07) is 11.1. The van der Waals surface area contributed by atoms with Gasteiger partial charge in [-0.15, -0.1) is 0 Å². The summed E-state index contributed by atoms with van der Waals surface area (Å²) < 4.78 is 10.5. The molecule has 2 aromatic rings. The van der Waals surface area contributed by atoms with E-state index in [0.717, 1.165) is 16.8 Å². The number of para-hydroxylation sites is 1. The van der Waals surface area contributed by atoms with Crippen LogP contribution in [0.25, 0.3) is 0 Å². The van der Waals surface area contributed by atoms with Crippen LogP contribution in [0.15, 0.2) is 36.4 Å². The molecule has 0 radical (unpaired) electrons. The van der Waals surface area contributed by atoms with Crippen molar-refractivity contribution >= 4 is 17.5 Å². The Labute approximate surface area is 171 Å². The molecule has 1 aliphatic rings. The van der Waals surface area contributed by atoms with Crippen LogP contribution in [0.3, 0.4) is 0 Å². The van der Waals surface area contributed by atoms with E-state index in [-0.39, 0.29) is 17.7 Å². The van der Waals surface area contributed by atoms with Gasteiger partial charge in [0.2, 0.25) is 5.91 Å². The van der Waals surface area contributed by atoms with E-state index >= 15 is 0 Å². The molecule has 0 saturated carbocycles. The minimum Gasteiger partial charge on any atom is -0.497 e. The van der Waals surface area contributed by atoms with Crippen molar-refractivity contribution in [2.24, 2.45) is 5.92 Å². The van der Waals surface area contributed by atoms with Crippen molar-refractivity contribution in [1.82, 2.24) is 4.90 Å². The van der Waals surface area contributed by atoms with Crippen LogP contribution in [0.2, 0.25) is 0 Å². The second kappa shape index (κ2) is 8.99. The smallest absolute Gasteiger partial charge is 0.254 e. The summed E-state index contributed by atoms with van der Waals surface area (Å²) in [5, 5.41) is 3.08. The molecule has 0 spiro atoms. The van der Waals surface area contributed by atoms with Gasteiger partial charge in [-0.25, -0.2) is 0 Å². The third kappa shape index (κ3) is 4.70. The lowest BCUT2D eigenvalue weighted by Crippen LogP contribution is -2.41. The first-order chi connectivity index (χ1) is 13.9. The van der Waals surface area contributed by atoms with Crippen molar-refractivity contribution in [1.29, 1.82) is 0 Å². The number of benzene rings is 2. The Kier molecular flexibility index (Phi) is 6.42. The van der Waals surface area contributed by atoms with Crippen LogP contribution in [-0.4, -0.2) is 44.0 Å². The number of rotatable bonds is 5. The highest BCUT2D eigenvalue weighted by Crippen LogP contribution is 2.27. The van der Waals surface area contributed by atoms with Crippen molar-refractivity contribution in [2.45, 2.75) is 26.7 Å². The Bertz CT molecular complexity index is 859. The quantitative estimate of drug-likeness (QED) is 0.834. The first-order valence-electron chi connectivity index (χ1n) is 9.82. The van der Waals surface area contributed by atoms with Crippen LogP contribution in [-0.2, 0) is 4.79 Å². The monoisotopic (exact) mass is 396 g/mol. The SMILES string of the molecule is COc1cc(OC)cc(C(=O)N2CCC(C(=O)Nc3c(C)cccc3C)CC2)c1. The van der Waals surface area contributed by atoms with Gasteiger partial charge in [-0.3, -0.25) is 9.59 Å². The summed E-state index contributed by atoms with van der Waals surface area (Å²) in [5.41, 5.74) is 3.52. The Morgan fingerprint density at radius 3 is 2.03 bits per heavy atom. The van der Waals surface area contributed by atoms with Crippen LogP contribution in [0, 0.1) is 19.8 Å². The fourth-order valence-corrected chi connectivity index (χ4v) is 3.70. The van der Waals surface area contributed by atoms with Gasteiger partial charge in [-0.1, -0.05) is 18.2 Å². The first kappa shape index (κ1) is 20.7. The molecule has 0 aromatic heterocycles. The molecule has 1 aliphatic heterocycles. The standard InChI is InChI=1S/C23H28N2O4/c1-15-6-5-7-16(2)21(15)24-22(26)17-8-10-25(11-9-17)23(27)18-12-19(28-3)14-20(13-18)29-4/h5-7,12-14,17H,8-11H2,1-4H3,(H,24,26). The number of hydrogen-bond acceptors (Lipinski definition) is 4. The second-order valence-electron chi connectivity index (χ2n) is 7.42. The molecule has 0 atom stereocenters.